The van der Waals surface area contributed by atoms with E-state index < -0.39 is 5.97 Å². The topological polar surface area (TPSA) is 122 Å². The molecule has 1 aromatic carbocycles. The highest BCUT2D eigenvalue weighted by molar-refractivity contribution is 7.13. The molecule has 0 unspecified atom stereocenters. The highest BCUT2D eigenvalue weighted by Crippen LogP contribution is 2.34. The zero-order valence-corrected chi connectivity index (χ0v) is 20.2. The molecular weight excluding hydrogens is 480 g/mol. The Morgan fingerprint density at radius 2 is 1.94 bits per heavy atom. The molecule has 1 saturated heterocycles. The van der Waals surface area contributed by atoms with Gasteiger partial charge in [-0.05, 0) is 30.3 Å². The Kier molecular flexibility index (Phi) is 6.66. The van der Waals surface area contributed by atoms with Gasteiger partial charge in [0.05, 0.1) is 18.9 Å². The molecule has 0 aliphatic carbocycles. The molecule has 0 saturated carbocycles. The minimum Gasteiger partial charge on any atom is -0.477 e. The quantitative estimate of drug-likeness (QED) is 0.381. The molecule has 0 bridgehead atoms. The fourth-order valence-electron chi connectivity index (χ4n) is 3.95. The number of rotatable bonds is 7. The van der Waals surface area contributed by atoms with E-state index in [0.717, 1.165) is 35.7 Å². The number of aromatic nitrogens is 2. The van der Waals surface area contributed by atoms with E-state index in [-0.39, 0.29) is 22.9 Å². The minimum absolute atomic E-state index is 0.0797. The SMILES string of the molecule is Cc1nc(-c2cc(-c3ccc(N4CCOCC4)cc3)nc(OCc3ccc(C(=O)O)s3)c2C#N)co1. The lowest BCUT2D eigenvalue weighted by Gasteiger charge is -2.28. The first-order valence-electron chi connectivity index (χ1n) is 11.3. The molecule has 1 fully saturated rings. The second kappa shape index (κ2) is 10.2. The summed E-state index contributed by atoms with van der Waals surface area (Å²) in [5.74, 6) is -0.370. The lowest BCUT2D eigenvalue weighted by Crippen LogP contribution is -2.36. The van der Waals surface area contributed by atoms with Crippen LogP contribution in [0.15, 0.2) is 53.1 Å². The van der Waals surface area contributed by atoms with Gasteiger partial charge in [0.15, 0.2) is 5.89 Å². The summed E-state index contributed by atoms with van der Waals surface area (Å²) in [7, 11) is 0. The number of benzene rings is 1. The molecule has 0 spiro atoms. The smallest absolute Gasteiger partial charge is 0.345 e. The first-order chi connectivity index (χ1) is 17.5. The fraction of sp³-hybridized carbons (Fsp3) is 0.231. The van der Waals surface area contributed by atoms with Crippen LogP contribution < -0.4 is 9.64 Å². The predicted molar refractivity (Wildman–Crippen MR) is 133 cm³/mol. The highest BCUT2D eigenvalue weighted by atomic mass is 32.1. The lowest BCUT2D eigenvalue weighted by atomic mass is 10.0. The van der Waals surface area contributed by atoms with Gasteiger partial charge < -0.3 is 23.9 Å². The largest absolute Gasteiger partial charge is 0.477 e. The average Bonchev–Trinajstić information content (AvgIpc) is 3.57. The van der Waals surface area contributed by atoms with Gasteiger partial charge in [0.1, 0.15) is 35.1 Å². The number of nitriles is 1. The fourth-order valence-corrected chi connectivity index (χ4v) is 4.71. The normalized spacial score (nSPS) is 13.4. The first-order valence-corrected chi connectivity index (χ1v) is 12.1. The highest BCUT2D eigenvalue weighted by Gasteiger charge is 2.20. The maximum atomic E-state index is 11.2. The predicted octanol–water partition coefficient (Wildman–Crippen LogP) is 4.76. The Bertz CT molecular complexity index is 1430. The average molecular weight is 503 g/mol. The summed E-state index contributed by atoms with van der Waals surface area (Å²) < 4.78 is 16.8. The van der Waals surface area contributed by atoms with Crippen molar-refractivity contribution in [1.29, 1.82) is 5.26 Å². The van der Waals surface area contributed by atoms with Gasteiger partial charge in [0, 0.05) is 41.7 Å². The zero-order chi connectivity index (χ0) is 25.1. The van der Waals surface area contributed by atoms with Crippen molar-refractivity contribution < 1.29 is 23.8 Å². The van der Waals surface area contributed by atoms with Crippen molar-refractivity contribution in [3.63, 3.8) is 0 Å². The van der Waals surface area contributed by atoms with Gasteiger partial charge in [0.2, 0.25) is 5.88 Å². The molecule has 1 N–H and O–H groups in total. The Morgan fingerprint density at radius 1 is 1.17 bits per heavy atom. The van der Waals surface area contributed by atoms with E-state index in [9.17, 15) is 15.2 Å². The third-order valence-electron chi connectivity index (χ3n) is 5.76. The number of carboxylic acid groups (broad SMARTS) is 1. The van der Waals surface area contributed by atoms with Crippen LogP contribution in [0.25, 0.3) is 22.5 Å². The molecule has 9 nitrogen and oxygen atoms in total. The standard InChI is InChI=1S/C26H22N4O5S/c1-16-28-23(15-34-16)20-12-22(17-2-4-18(5-3-17)30-8-10-33-11-9-30)29-25(21(20)13-27)35-14-19-6-7-24(36-19)26(31)32/h2-7,12,15H,8-11,14H2,1H3,(H,31,32). The molecule has 0 amide bonds. The molecule has 1 aliphatic rings. The minimum atomic E-state index is -0.992. The Morgan fingerprint density at radius 3 is 2.58 bits per heavy atom. The lowest BCUT2D eigenvalue weighted by molar-refractivity contribution is 0.0702. The summed E-state index contributed by atoms with van der Waals surface area (Å²) in [5.41, 5.74) is 3.85. The van der Waals surface area contributed by atoms with E-state index in [1.54, 1.807) is 19.1 Å². The second-order valence-corrected chi connectivity index (χ2v) is 9.27. The van der Waals surface area contributed by atoms with E-state index in [1.807, 2.05) is 24.3 Å². The summed E-state index contributed by atoms with van der Waals surface area (Å²) >= 11 is 1.12. The summed E-state index contributed by atoms with van der Waals surface area (Å²) in [6.07, 6.45) is 1.50. The van der Waals surface area contributed by atoms with Gasteiger partial charge in [-0.2, -0.15) is 5.26 Å². The molecular formula is C26H22N4O5S. The van der Waals surface area contributed by atoms with Crippen molar-refractivity contribution in [2.45, 2.75) is 13.5 Å². The first kappa shape index (κ1) is 23.5. The van der Waals surface area contributed by atoms with Crippen LogP contribution in [0.5, 0.6) is 5.88 Å². The number of thiophene rings is 1. The third kappa shape index (κ3) is 4.93. The van der Waals surface area contributed by atoms with Gasteiger partial charge in [-0.3, -0.25) is 0 Å². The molecule has 3 aromatic heterocycles. The van der Waals surface area contributed by atoms with Crippen molar-refractivity contribution in [2.24, 2.45) is 0 Å². The van der Waals surface area contributed by atoms with Crippen LogP contribution in [0, 0.1) is 18.3 Å². The van der Waals surface area contributed by atoms with Crippen LogP contribution in [0.2, 0.25) is 0 Å². The number of morpholine rings is 1. The number of anilines is 1. The summed E-state index contributed by atoms with van der Waals surface area (Å²) in [6.45, 7) is 4.91. The van der Waals surface area contributed by atoms with Gasteiger partial charge in [-0.1, -0.05) is 12.1 Å². The number of aryl methyl sites for hydroxylation is 1. The van der Waals surface area contributed by atoms with Crippen molar-refractivity contribution in [2.75, 3.05) is 31.2 Å². The van der Waals surface area contributed by atoms with Gasteiger partial charge in [0.25, 0.3) is 0 Å². The Hall–Kier alpha value is -4.20. The van der Waals surface area contributed by atoms with E-state index in [0.29, 0.717) is 40.9 Å². The van der Waals surface area contributed by atoms with E-state index in [2.05, 4.69) is 20.9 Å². The maximum absolute atomic E-state index is 11.2. The van der Waals surface area contributed by atoms with E-state index >= 15 is 0 Å². The van der Waals surface area contributed by atoms with Gasteiger partial charge in [-0.15, -0.1) is 11.3 Å². The molecule has 5 rings (SSSR count). The number of oxazole rings is 1. The number of hydrogen-bond donors (Lipinski definition) is 1. The molecule has 4 aromatic rings. The van der Waals surface area contributed by atoms with Crippen LogP contribution in [0.1, 0.15) is 26.0 Å². The van der Waals surface area contributed by atoms with Gasteiger partial charge in [-0.25, -0.2) is 14.8 Å². The molecule has 4 heterocycles. The third-order valence-corrected chi connectivity index (χ3v) is 6.80. The molecule has 1 aliphatic heterocycles. The van der Waals surface area contributed by atoms with Crippen LogP contribution in [0.4, 0.5) is 5.69 Å². The molecule has 10 heteroatoms. The molecule has 0 atom stereocenters. The Balaban J connectivity index is 1.51. The van der Waals surface area contributed by atoms with Crippen molar-refractivity contribution in [3.8, 4) is 34.5 Å². The van der Waals surface area contributed by atoms with Crippen LogP contribution >= 0.6 is 11.3 Å². The molecule has 182 valence electrons. The summed E-state index contributed by atoms with van der Waals surface area (Å²) in [6, 6.07) is 15.3. The van der Waals surface area contributed by atoms with E-state index in [4.69, 9.17) is 13.9 Å². The number of pyridine rings is 1. The summed E-state index contributed by atoms with van der Waals surface area (Å²) in [5, 5.41) is 19.1. The van der Waals surface area contributed by atoms with Gasteiger partial charge >= 0.3 is 5.97 Å². The van der Waals surface area contributed by atoms with Crippen molar-refractivity contribution >= 4 is 23.0 Å². The number of hydrogen-bond acceptors (Lipinski definition) is 9. The number of aromatic carboxylic acids is 1. The molecule has 0 radical (unpaired) electrons. The van der Waals surface area contributed by atoms with Crippen molar-refractivity contribution in [3.05, 3.63) is 69.9 Å². The number of carboxylic acids is 1. The van der Waals surface area contributed by atoms with E-state index in [1.165, 1.54) is 12.3 Å². The maximum Gasteiger partial charge on any atom is 0.345 e. The second-order valence-electron chi connectivity index (χ2n) is 8.10. The number of ether oxygens (including phenoxy) is 2. The summed E-state index contributed by atoms with van der Waals surface area (Å²) in [4.78, 5) is 23.5. The monoisotopic (exact) mass is 502 g/mol. The van der Waals surface area contributed by atoms with Crippen LogP contribution in [-0.2, 0) is 11.3 Å². The van der Waals surface area contributed by atoms with Crippen LogP contribution in [-0.4, -0.2) is 47.3 Å². The number of carbonyl (C=O) groups is 1. The Labute approximate surface area is 211 Å². The molecule has 36 heavy (non-hydrogen) atoms. The van der Waals surface area contributed by atoms with Crippen molar-refractivity contribution in [1.82, 2.24) is 9.97 Å². The zero-order valence-electron chi connectivity index (χ0n) is 19.4. The van der Waals surface area contributed by atoms with Crippen LogP contribution in [0.3, 0.4) is 0 Å². The number of nitrogens with zero attached hydrogens (tertiary/aromatic N) is 4.